The third-order valence-electron chi connectivity index (χ3n) is 8.69. The molecule has 208 valence electrons. The van der Waals surface area contributed by atoms with Crippen LogP contribution in [0.3, 0.4) is 0 Å². The zero-order chi connectivity index (χ0) is 27.9. The SMILES string of the molecule is N#CC1(CC(=O)[C@@H]2CCCC[C@H]2c2oc(-c3cccc(Cl)c3)nc2-c2ccc(N3CCS(=O)(=O)CC3)cc2)CC1. The second-order valence-corrected chi connectivity index (χ2v) is 14.2. The van der Waals surface area contributed by atoms with Crippen molar-refractivity contribution in [1.29, 1.82) is 5.26 Å². The van der Waals surface area contributed by atoms with Gasteiger partial charge < -0.3 is 9.32 Å². The van der Waals surface area contributed by atoms with E-state index in [4.69, 9.17) is 21.0 Å². The summed E-state index contributed by atoms with van der Waals surface area (Å²) in [5, 5.41) is 10.2. The first-order chi connectivity index (χ1) is 19.3. The molecule has 2 heterocycles. The van der Waals surface area contributed by atoms with Crippen molar-refractivity contribution in [3.8, 4) is 28.8 Å². The number of aromatic nitrogens is 1. The topological polar surface area (TPSA) is 104 Å². The number of nitrogens with zero attached hydrogens (tertiary/aromatic N) is 3. The Labute approximate surface area is 240 Å². The summed E-state index contributed by atoms with van der Waals surface area (Å²) >= 11 is 6.28. The zero-order valence-corrected chi connectivity index (χ0v) is 23.9. The van der Waals surface area contributed by atoms with Crippen molar-refractivity contribution in [1.82, 2.24) is 4.98 Å². The lowest BCUT2D eigenvalue weighted by Gasteiger charge is -2.30. The van der Waals surface area contributed by atoms with Gasteiger partial charge in [0.2, 0.25) is 5.89 Å². The maximum Gasteiger partial charge on any atom is 0.226 e. The lowest BCUT2D eigenvalue weighted by Crippen LogP contribution is -2.40. The number of anilines is 1. The fraction of sp³-hybridized carbons (Fsp3) is 0.452. The summed E-state index contributed by atoms with van der Waals surface area (Å²) in [6.07, 6.45) is 5.51. The monoisotopic (exact) mass is 577 g/mol. The van der Waals surface area contributed by atoms with Crippen LogP contribution >= 0.6 is 11.6 Å². The fourth-order valence-electron chi connectivity index (χ4n) is 6.11. The van der Waals surface area contributed by atoms with Crippen molar-refractivity contribution in [2.24, 2.45) is 11.3 Å². The summed E-state index contributed by atoms with van der Waals surface area (Å²) in [6, 6.07) is 17.8. The van der Waals surface area contributed by atoms with Gasteiger partial charge in [0, 0.05) is 53.2 Å². The Morgan fingerprint density at radius 2 is 1.80 bits per heavy atom. The van der Waals surface area contributed by atoms with Gasteiger partial charge in [0.05, 0.1) is 23.0 Å². The molecular formula is C31H32ClN3O4S. The lowest BCUT2D eigenvalue weighted by atomic mass is 9.73. The van der Waals surface area contributed by atoms with Crippen LogP contribution in [0.4, 0.5) is 5.69 Å². The van der Waals surface area contributed by atoms with E-state index < -0.39 is 15.3 Å². The second-order valence-electron chi connectivity index (χ2n) is 11.5. The van der Waals surface area contributed by atoms with E-state index in [1.807, 2.05) is 42.5 Å². The molecule has 3 aliphatic rings. The lowest BCUT2D eigenvalue weighted by molar-refractivity contribution is -0.125. The number of hydrogen-bond acceptors (Lipinski definition) is 7. The summed E-state index contributed by atoms with van der Waals surface area (Å²) in [5.41, 5.74) is 2.86. The Morgan fingerprint density at radius 1 is 1.07 bits per heavy atom. The summed E-state index contributed by atoms with van der Waals surface area (Å²) in [7, 11) is -2.96. The normalized spacial score (nSPS) is 23.4. The Hall–Kier alpha value is -3.15. The van der Waals surface area contributed by atoms with Crippen LogP contribution in [0.5, 0.6) is 0 Å². The minimum Gasteiger partial charge on any atom is -0.440 e. The van der Waals surface area contributed by atoms with Crippen LogP contribution in [0, 0.1) is 22.7 Å². The number of hydrogen-bond donors (Lipinski definition) is 0. The first-order valence-electron chi connectivity index (χ1n) is 14.0. The molecular weight excluding hydrogens is 546 g/mol. The van der Waals surface area contributed by atoms with Crippen molar-refractivity contribution in [2.75, 3.05) is 29.5 Å². The molecule has 1 aliphatic heterocycles. The van der Waals surface area contributed by atoms with E-state index in [1.165, 1.54) is 0 Å². The van der Waals surface area contributed by atoms with Crippen LogP contribution < -0.4 is 4.90 Å². The predicted molar refractivity (Wildman–Crippen MR) is 155 cm³/mol. The van der Waals surface area contributed by atoms with Gasteiger partial charge in [0.25, 0.3) is 0 Å². The summed E-state index contributed by atoms with van der Waals surface area (Å²) in [4.78, 5) is 20.6. The molecule has 3 aromatic rings. The number of rotatable bonds is 7. The smallest absolute Gasteiger partial charge is 0.226 e. The number of Topliss-reactive ketones (excluding diaryl/α,β-unsaturated/α-hetero) is 1. The quantitative estimate of drug-likeness (QED) is 0.318. The van der Waals surface area contributed by atoms with Gasteiger partial charge >= 0.3 is 0 Å². The summed E-state index contributed by atoms with van der Waals surface area (Å²) in [6.45, 7) is 0.956. The van der Waals surface area contributed by atoms with Crippen molar-refractivity contribution in [3.63, 3.8) is 0 Å². The first kappa shape index (κ1) is 27.0. The third-order valence-corrected chi connectivity index (χ3v) is 10.5. The minimum absolute atomic E-state index is 0.113. The molecule has 0 spiro atoms. The number of ketones is 1. The average Bonchev–Trinajstić information content (AvgIpc) is 3.59. The van der Waals surface area contributed by atoms with E-state index in [0.29, 0.717) is 41.9 Å². The van der Waals surface area contributed by atoms with Crippen LogP contribution in [0.1, 0.15) is 56.6 Å². The molecule has 2 aromatic carbocycles. The molecule has 0 radical (unpaired) electrons. The van der Waals surface area contributed by atoms with Gasteiger partial charge in [-0.2, -0.15) is 5.26 Å². The van der Waals surface area contributed by atoms with Crippen LogP contribution in [-0.2, 0) is 14.6 Å². The number of carbonyl (C=O) groups is 1. The maximum atomic E-state index is 13.6. The van der Waals surface area contributed by atoms with Gasteiger partial charge in [0.15, 0.2) is 9.84 Å². The van der Waals surface area contributed by atoms with Gasteiger partial charge in [-0.3, -0.25) is 4.79 Å². The minimum atomic E-state index is -2.96. The number of halogens is 1. The highest BCUT2D eigenvalue weighted by molar-refractivity contribution is 7.91. The third kappa shape index (κ3) is 5.55. The van der Waals surface area contributed by atoms with Crippen LogP contribution in [-0.4, -0.2) is 43.8 Å². The Morgan fingerprint density at radius 3 is 2.48 bits per heavy atom. The van der Waals surface area contributed by atoms with Crippen molar-refractivity contribution in [3.05, 3.63) is 59.3 Å². The maximum absolute atomic E-state index is 13.6. The average molecular weight is 578 g/mol. The molecule has 9 heteroatoms. The standard InChI is InChI=1S/C31H32ClN3O4S/c32-23-5-3-4-22(18-23)30-34-28(21-8-10-24(11-9-21)35-14-16-40(37,38)17-15-35)29(39-30)26-7-2-1-6-25(26)27(36)19-31(20-33)12-13-31/h3-5,8-11,18,25-26H,1-2,6-7,12-17,19H2/t25-,26-/m1/s1. The Bertz CT molecular complexity index is 1560. The first-order valence-corrected chi connectivity index (χ1v) is 16.2. The molecule has 1 aromatic heterocycles. The molecule has 0 bridgehead atoms. The highest BCUT2D eigenvalue weighted by Gasteiger charge is 2.47. The number of benzene rings is 2. The predicted octanol–water partition coefficient (Wildman–Crippen LogP) is 6.43. The number of sulfone groups is 1. The molecule has 0 amide bonds. The molecule has 0 N–H and O–H groups in total. The molecule has 2 saturated carbocycles. The molecule has 1 saturated heterocycles. The number of oxazole rings is 1. The van der Waals surface area contributed by atoms with Gasteiger partial charge in [-0.05, 0) is 56.0 Å². The molecule has 40 heavy (non-hydrogen) atoms. The van der Waals surface area contributed by atoms with E-state index in [2.05, 4.69) is 11.0 Å². The van der Waals surface area contributed by atoms with Crippen molar-refractivity contribution >= 4 is 32.9 Å². The van der Waals surface area contributed by atoms with Crippen LogP contribution in [0.25, 0.3) is 22.7 Å². The highest BCUT2D eigenvalue weighted by Crippen LogP contribution is 2.51. The van der Waals surface area contributed by atoms with Gasteiger partial charge in [0.1, 0.15) is 17.2 Å². The molecule has 3 fully saturated rings. The highest BCUT2D eigenvalue weighted by atomic mass is 35.5. The molecule has 2 atom stereocenters. The molecule has 6 rings (SSSR count). The van der Waals surface area contributed by atoms with E-state index in [1.54, 1.807) is 6.07 Å². The van der Waals surface area contributed by atoms with E-state index in [9.17, 15) is 18.5 Å². The molecule has 2 aliphatic carbocycles. The van der Waals surface area contributed by atoms with Crippen LogP contribution in [0.15, 0.2) is 52.9 Å². The van der Waals surface area contributed by atoms with E-state index in [-0.39, 0.29) is 29.1 Å². The second kappa shape index (κ2) is 10.7. The Kier molecular flexibility index (Phi) is 7.22. The zero-order valence-electron chi connectivity index (χ0n) is 22.3. The Balaban J connectivity index is 1.35. The van der Waals surface area contributed by atoms with E-state index >= 15 is 0 Å². The van der Waals surface area contributed by atoms with Crippen molar-refractivity contribution < 1.29 is 17.6 Å². The van der Waals surface area contributed by atoms with Gasteiger partial charge in [-0.25, -0.2) is 13.4 Å². The fourth-order valence-corrected chi connectivity index (χ4v) is 7.50. The largest absolute Gasteiger partial charge is 0.440 e. The number of carbonyl (C=O) groups excluding carboxylic acids is 1. The van der Waals surface area contributed by atoms with E-state index in [0.717, 1.165) is 55.3 Å². The van der Waals surface area contributed by atoms with Gasteiger partial charge in [-0.1, -0.05) is 42.6 Å². The van der Waals surface area contributed by atoms with Gasteiger partial charge in [-0.15, -0.1) is 0 Å². The van der Waals surface area contributed by atoms with Crippen molar-refractivity contribution in [2.45, 2.75) is 50.9 Å². The summed E-state index contributed by atoms with van der Waals surface area (Å²) < 4.78 is 30.3. The molecule has 7 nitrogen and oxygen atoms in total. The number of nitriles is 1. The summed E-state index contributed by atoms with van der Waals surface area (Å²) in [5.74, 6) is 1.35. The molecule has 0 unspecified atom stereocenters. The van der Waals surface area contributed by atoms with Crippen LogP contribution in [0.2, 0.25) is 5.02 Å².